The summed E-state index contributed by atoms with van der Waals surface area (Å²) in [5.74, 6) is 0.0117. The Labute approximate surface area is 137 Å². The van der Waals surface area contributed by atoms with Crippen molar-refractivity contribution in [3.8, 4) is 0 Å². The van der Waals surface area contributed by atoms with Crippen molar-refractivity contribution in [2.24, 2.45) is 0 Å². The molecule has 4 heteroatoms. The molecule has 1 heterocycles. The highest BCUT2D eigenvalue weighted by Crippen LogP contribution is 2.34. The van der Waals surface area contributed by atoms with Gasteiger partial charge in [0.2, 0.25) is 0 Å². The van der Waals surface area contributed by atoms with E-state index in [9.17, 15) is 9.90 Å². The summed E-state index contributed by atoms with van der Waals surface area (Å²) < 4.78 is 0. The lowest BCUT2D eigenvalue weighted by atomic mass is 10.1. The quantitative estimate of drug-likeness (QED) is 0.669. The summed E-state index contributed by atoms with van der Waals surface area (Å²) >= 11 is 1.51. The average molecular weight is 321 g/mol. The number of carboxylic acids is 1. The third-order valence-electron chi connectivity index (χ3n) is 4.29. The van der Waals surface area contributed by atoms with Crippen LogP contribution >= 0.6 is 11.8 Å². The second-order valence-corrected chi connectivity index (χ2v) is 7.35. The number of nitrogens with one attached hydrogen (secondary N) is 1. The summed E-state index contributed by atoms with van der Waals surface area (Å²) in [5, 5.41) is 12.6. The minimum Gasteiger partial charge on any atom is -0.479 e. The Morgan fingerprint density at radius 3 is 2.55 bits per heavy atom. The fourth-order valence-corrected chi connectivity index (χ4v) is 4.07. The Hall–Kier alpha value is -1.00. The lowest BCUT2D eigenvalue weighted by Crippen LogP contribution is -2.44. The maximum Gasteiger partial charge on any atom is 0.334 e. The molecule has 3 nitrogen and oxygen atoms in total. The summed E-state index contributed by atoms with van der Waals surface area (Å²) in [6.45, 7) is 3.03. The minimum atomic E-state index is -0.779. The van der Waals surface area contributed by atoms with Crippen molar-refractivity contribution in [1.82, 2.24) is 5.32 Å². The molecular weight excluding hydrogens is 294 g/mol. The minimum absolute atomic E-state index is 0.711. The molecule has 22 heavy (non-hydrogen) atoms. The van der Waals surface area contributed by atoms with Gasteiger partial charge in [0.15, 0.2) is 4.87 Å². The Kier molecular flexibility index (Phi) is 6.77. The Bertz CT molecular complexity index is 466. The van der Waals surface area contributed by atoms with Gasteiger partial charge in [0.05, 0.1) is 0 Å². The molecular formula is C18H27NO2S. The molecule has 1 aromatic rings. The monoisotopic (exact) mass is 321 g/mol. The van der Waals surface area contributed by atoms with Gasteiger partial charge < -0.3 is 5.11 Å². The Morgan fingerprint density at radius 1 is 1.23 bits per heavy atom. The van der Waals surface area contributed by atoms with Gasteiger partial charge in [0, 0.05) is 5.75 Å². The van der Waals surface area contributed by atoms with Gasteiger partial charge >= 0.3 is 5.97 Å². The zero-order valence-electron chi connectivity index (χ0n) is 13.4. The summed E-state index contributed by atoms with van der Waals surface area (Å²) in [6.07, 6.45) is 7.95. The van der Waals surface area contributed by atoms with Crippen LogP contribution in [0, 0.1) is 0 Å². The highest BCUT2D eigenvalue weighted by molar-refractivity contribution is 8.00. The SMILES string of the molecule is CCCCCCc1ccc(CS[C@]2(C(=O)O)CCCN2)cc1. The zero-order chi connectivity index (χ0) is 15.8. The number of hydrogen-bond acceptors (Lipinski definition) is 3. The number of hydrogen-bond donors (Lipinski definition) is 2. The Morgan fingerprint density at radius 2 is 1.95 bits per heavy atom. The molecule has 0 amide bonds. The predicted octanol–water partition coefficient (Wildman–Crippen LogP) is 4.21. The van der Waals surface area contributed by atoms with E-state index in [0.717, 1.165) is 25.1 Å². The van der Waals surface area contributed by atoms with Crippen LogP contribution in [0.1, 0.15) is 56.6 Å². The standard InChI is InChI=1S/C18H27NO2S/c1-2-3-4-5-7-15-8-10-16(11-9-15)14-22-18(17(20)21)12-6-13-19-18/h8-11,19H,2-7,12-14H2,1H3,(H,20,21)/t18-/m0/s1. The zero-order valence-corrected chi connectivity index (χ0v) is 14.3. The number of rotatable bonds is 9. The first-order valence-electron chi connectivity index (χ1n) is 8.36. The second-order valence-electron chi connectivity index (χ2n) is 6.08. The molecule has 1 atom stereocenters. The van der Waals surface area contributed by atoms with Crippen molar-refractivity contribution < 1.29 is 9.90 Å². The summed E-state index contributed by atoms with van der Waals surface area (Å²) in [7, 11) is 0. The molecule has 122 valence electrons. The molecule has 1 fully saturated rings. The van der Waals surface area contributed by atoms with Crippen LogP contribution in [-0.4, -0.2) is 22.5 Å². The number of aryl methyl sites for hydroxylation is 1. The molecule has 0 radical (unpaired) electrons. The molecule has 0 spiro atoms. The van der Waals surface area contributed by atoms with E-state index in [0.29, 0.717) is 6.42 Å². The molecule has 1 aliphatic heterocycles. The number of unbranched alkanes of at least 4 members (excludes halogenated alkanes) is 3. The van der Waals surface area contributed by atoms with Crippen LogP contribution in [0.25, 0.3) is 0 Å². The maximum absolute atomic E-state index is 11.5. The first kappa shape index (κ1) is 17.4. The first-order chi connectivity index (χ1) is 10.7. The molecule has 1 aliphatic rings. The average Bonchev–Trinajstić information content (AvgIpc) is 3.01. The number of benzene rings is 1. The van der Waals surface area contributed by atoms with Crippen molar-refractivity contribution >= 4 is 17.7 Å². The van der Waals surface area contributed by atoms with Gasteiger partial charge in [-0.05, 0) is 43.4 Å². The van der Waals surface area contributed by atoms with Gasteiger partial charge in [-0.25, -0.2) is 4.79 Å². The largest absolute Gasteiger partial charge is 0.479 e. The first-order valence-corrected chi connectivity index (χ1v) is 9.35. The van der Waals surface area contributed by atoms with E-state index in [1.54, 1.807) is 0 Å². The molecule has 0 bridgehead atoms. The van der Waals surface area contributed by atoms with Gasteiger partial charge in [-0.2, -0.15) is 0 Å². The van der Waals surface area contributed by atoms with E-state index in [1.165, 1.54) is 48.6 Å². The molecule has 2 rings (SSSR count). The van der Waals surface area contributed by atoms with Crippen LogP contribution in [0.3, 0.4) is 0 Å². The highest BCUT2D eigenvalue weighted by atomic mass is 32.2. The number of carboxylic acid groups (broad SMARTS) is 1. The predicted molar refractivity (Wildman–Crippen MR) is 93.2 cm³/mol. The van der Waals surface area contributed by atoms with Crippen LogP contribution in [0.15, 0.2) is 24.3 Å². The van der Waals surface area contributed by atoms with Crippen LogP contribution < -0.4 is 5.32 Å². The van der Waals surface area contributed by atoms with Crippen LogP contribution in [-0.2, 0) is 17.0 Å². The molecule has 1 saturated heterocycles. The maximum atomic E-state index is 11.5. The van der Waals surface area contributed by atoms with E-state index >= 15 is 0 Å². The van der Waals surface area contributed by atoms with E-state index in [-0.39, 0.29) is 0 Å². The van der Waals surface area contributed by atoms with E-state index in [4.69, 9.17) is 0 Å². The molecule has 2 N–H and O–H groups in total. The van der Waals surface area contributed by atoms with E-state index < -0.39 is 10.8 Å². The van der Waals surface area contributed by atoms with Gasteiger partial charge in [-0.1, -0.05) is 50.5 Å². The lowest BCUT2D eigenvalue weighted by Gasteiger charge is -2.23. The molecule has 0 unspecified atom stereocenters. The smallest absolute Gasteiger partial charge is 0.334 e. The van der Waals surface area contributed by atoms with E-state index in [1.807, 2.05) is 0 Å². The third kappa shape index (κ3) is 4.75. The van der Waals surface area contributed by atoms with Gasteiger partial charge in [-0.3, -0.25) is 5.32 Å². The highest BCUT2D eigenvalue weighted by Gasteiger charge is 2.41. The molecule has 0 aromatic heterocycles. The summed E-state index contributed by atoms with van der Waals surface area (Å²) in [4.78, 5) is 10.7. The molecule has 1 aromatic carbocycles. The van der Waals surface area contributed by atoms with Crippen LogP contribution in [0.4, 0.5) is 0 Å². The van der Waals surface area contributed by atoms with Crippen molar-refractivity contribution in [2.75, 3.05) is 6.54 Å². The van der Waals surface area contributed by atoms with Crippen molar-refractivity contribution in [3.63, 3.8) is 0 Å². The topological polar surface area (TPSA) is 49.3 Å². The van der Waals surface area contributed by atoms with Crippen molar-refractivity contribution in [1.29, 1.82) is 0 Å². The van der Waals surface area contributed by atoms with Gasteiger partial charge in [0.25, 0.3) is 0 Å². The number of aliphatic carboxylic acids is 1. The second kappa shape index (κ2) is 8.59. The van der Waals surface area contributed by atoms with Crippen molar-refractivity contribution in [2.45, 2.75) is 62.5 Å². The van der Waals surface area contributed by atoms with E-state index in [2.05, 4.69) is 36.5 Å². The van der Waals surface area contributed by atoms with Gasteiger partial charge in [-0.15, -0.1) is 11.8 Å². The molecule has 0 aliphatic carbocycles. The third-order valence-corrected chi connectivity index (χ3v) is 5.78. The fourth-order valence-electron chi connectivity index (χ4n) is 2.85. The van der Waals surface area contributed by atoms with Crippen molar-refractivity contribution in [3.05, 3.63) is 35.4 Å². The normalized spacial score (nSPS) is 21.1. The molecule has 0 saturated carbocycles. The fraction of sp³-hybridized carbons (Fsp3) is 0.611. The van der Waals surface area contributed by atoms with Crippen LogP contribution in [0.5, 0.6) is 0 Å². The Balaban J connectivity index is 1.82. The van der Waals surface area contributed by atoms with Gasteiger partial charge in [0.1, 0.15) is 0 Å². The number of thioether (sulfide) groups is 1. The summed E-state index contributed by atoms with van der Waals surface area (Å²) in [6, 6.07) is 8.67. The lowest BCUT2D eigenvalue weighted by molar-refractivity contribution is -0.140. The summed E-state index contributed by atoms with van der Waals surface area (Å²) in [5.41, 5.74) is 2.59. The number of carbonyl (C=O) groups is 1. The van der Waals surface area contributed by atoms with Crippen LogP contribution in [0.2, 0.25) is 0 Å².